The molecule has 1 aliphatic heterocycles. The number of hydrogen-bond acceptors (Lipinski definition) is 4. The predicted molar refractivity (Wildman–Crippen MR) is 59.5 cm³/mol. The van der Waals surface area contributed by atoms with Crippen molar-refractivity contribution in [3.05, 3.63) is 18.3 Å². The van der Waals surface area contributed by atoms with E-state index >= 15 is 0 Å². The summed E-state index contributed by atoms with van der Waals surface area (Å²) in [6, 6.07) is 3.20. The van der Waals surface area contributed by atoms with E-state index in [1.54, 1.807) is 26.0 Å². The van der Waals surface area contributed by atoms with Gasteiger partial charge in [-0.2, -0.15) is 0 Å². The van der Waals surface area contributed by atoms with Crippen LogP contribution in [0.4, 0.5) is 11.5 Å². The van der Waals surface area contributed by atoms with Crippen LogP contribution in [0.25, 0.3) is 0 Å². The van der Waals surface area contributed by atoms with E-state index in [0.717, 1.165) is 0 Å². The molecule has 2 heterocycles. The van der Waals surface area contributed by atoms with Crippen molar-refractivity contribution >= 4 is 23.3 Å². The van der Waals surface area contributed by atoms with Crippen molar-refractivity contribution in [2.24, 2.45) is 5.41 Å². The van der Waals surface area contributed by atoms with Gasteiger partial charge in [0.05, 0.1) is 17.3 Å². The molecule has 2 amide bonds. The van der Waals surface area contributed by atoms with Crippen LogP contribution in [0.1, 0.15) is 20.3 Å². The van der Waals surface area contributed by atoms with Crippen LogP contribution in [0, 0.1) is 5.41 Å². The van der Waals surface area contributed by atoms with E-state index in [1.807, 2.05) is 0 Å². The standard InChI is InChI=1S/C11H13N3O2/c1-11(2)5-9(15)14(10(11)16)7-3-4-8(12)13-6-7/h3-4,6H,5H2,1-2H3,(H2,12,13). The van der Waals surface area contributed by atoms with E-state index in [1.165, 1.54) is 11.1 Å². The van der Waals surface area contributed by atoms with E-state index < -0.39 is 5.41 Å². The minimum atomic E-state index is -0.627. The van der Waals surface area contributed by atoms with E-state index in [9.17, 15) is 9.59 Å². The van der Waals surface area contributed by atoms with E-state index in [0.29, 0.717) is 11.5 Å². The summed E-state index contributed by atoms with van der Waals surface area (Å²) in [5.74, 6) is -0.0206. The topological polar surface area (TPSA) is 76.3 Å². The molecule has 0 aromatic carbocycles. The van der Waals surface area contributed by atoms with Crippen LogP contribution in [-0.2, 0) is 9.59 Å². The highest BCUT2D eigenvalue weighted by Gasteiger charge is 2.45. The lowest BCUT2D eigenvalue weighted by atomic mass is 9.92. The predicted octanol–water partition coefficient (Wildman–Crippen LogP) is 0.953. The zero-order valence-corrected chi connectivity index (χ0v) is 9.23. The maximum absolute atomic E-state index is 12.0. The first kappa shape index (κ1) is 10.6. The Bertz CT molecular complexity index is 451. The summed E-state index contributed by atoms with van der Waals surface area (Å²) in [5.41, 5.74) is 5.30. The Morgan fingerprint density at radius 2 is 2.06 bits per heavy atom. The van der Waals surface area contributed by atoms with Gasteiger partial charge in [0, 0.05) is 6.42 Å². The quantitative estimate of drug-likeness (QED) is 0.713. The van der Waals surface area contributed by atoms with Gasteiger partial charge in [0.1, 0.15) is 5.82 Å². The number of imide groups is 1. The normalized spacial score (nSPS) is 19.2. The van der Waals surface area contributed by atoms with Crippen LogP contribution < -0.4 is 10.6 Å². The third kappa shape index (κ3) is 1.54. The smallest absolute Gasteiger partial charge is 0.239 e. The Hall–Kier alpha value is -1.91. The van der Waals surface area contributed by atoms with E-state index in [2.05, 4.69) is 4.98 Å². The average molecular weight is 219 g/mol. The molecule has 5 nitrogen and oxygen atoms in total. The van der Waals surface area contributed by atoms with Gasteiger partial charge in [0.2, 0.25) is 11.8 Å². The second-order valence-corrected chi connectivity index (χ2v) is 4.54. The van der Waals surface area contributed by atoms with Gasteiger partial charge in [-0.3, -0.25) is 9.59 Å². The number of rotatable bonds is 1. The molecule has 0 spiro atoms. The van der Waals surface area contributed by atoms with Crippen LogP contribution in [0.15, 0.2) is 18.3 Å². The Morgan fingerprint density at radius 1 is 1.38 bits per heavy atom. The first-order valence-corrected chi connectivity index (χ1v) is 5.01. The SMILES string of the molecule is CC1(C)CC(=O)N(c2ccc(N)nc2)C1=O. The lowest BCUT2D eigenvalue weighted by molar-refractivity contribution is -0.124. The maximum Gasteiger partial charge on any atom is 0.239 e. The summed E-state index contributed by atoms with van der Waals surface area (Å²) in [6.45, 7) is 3.52. The van der Waals surface area contributed by atoms with Gasteiger partial charge < -0.3 is 5.73 Å². The van der Waals surface area contributed by atoms with E-state index in [-0.39, 0.29) is 18.2 Å². The molecule has 1 saturated heterocycles. The third-order valence-corrected chi connectivity index (χ3v) is 2.65. The number of anilines is 2. The Kier molecular flexibility index (Phi) is 2.18. The van der Waals surface area contributed by atoms with Crippen molar-refractivity contribution < 1.29 is 9.59 Å². The van der Waals surface area contributed by atoms with Gasteiger partial charge in [0.15, 0.2) is 0 Å². The number of hydrogen-bond donors (Lipinski definition) is 1. The van der Waals surface area contributed by atoms with Gasteiger partial charge in [0.25, 0.3) is 0 Å². The molecule has 16 heavy (non-hydrogen) atoms. The minimum Gasteiger partial charge on any atom is -0.384 e. The molecule has 5 heteroatoms. The summed E-state index contributed by atoms with van der Waals surface area (Å²) in [6.07, 6.45) is 1.67. The van der Waals surface area contributed by atoms with Gasteiger partial charge in [-0.05, 0) is 12.1 Å². The van der Waals surface area contributed by atoms with Gasteiger partial charge in [-0.15, -0.1) is 0 Å². The van der Waals surface area contributed by atoms with Crippen molar-refractivity contribution in [1.82, 2.24) is 4.98 Å². The monoisotopic (exact) mass is 219 g/mol. The first-order chi connectivity index (χ1) is 7.42. The molecule has 84 valence electrons. The second-order valence-electron chi connectivity index (χ2n) is 4.54. The molecule has 2 rings (SSSR count). The summed E-state index contributed by atoms with van der Waals surface area (Å²) < 4.78 is 0. The van der Waals surface area contributed by atoms with Crippen molar-refractivity contribution in [2.45, 2.75) is 20.3 Å². The Morgan fingerprint density at radius 3 is 2.50 bits per heavy atom. The highest BCUT2D eigenvalue weighted by Crippen LogP contribution is 2.34. The number of nitrogens with two attached hydrogens (primary N) is 1. The van der Waals surface area contributed by atoms with Crippen molar-refractivity contribution in [2.75, 3.05) is 10.6 Å². The molecular formula is C11H13N3O2. The molecule has 2 N–H and O–H groups in total. The number of aromatic nitrogens is 1. The molecular weight excluding hydrogens is 206 g/mol. The Labute approximate surface area is 93.3 Å². The van der Waals surface area contributed by atoms with Gasteiger partial charge in [-0.1, -0.05) is 13.8 Å². The van der Waals surface area contributed by atoms with Crippen molar-refractivity contribution in [3.63, 3.8) is 0 Å². The number of nitrogen functional groups attached to an aromatic ring is 1. The van der Waals surface area contributed by atoms with Crippen molar-refractivity contribution in [1.29, 1.82) is 0 Å². The van der Waals surface area contributed by atoms with E-state index in [4.69, 9.17) is 5.73 Å². The van der Waals surface area contributed by atoms with Crippen LogP contribution in [0.5, 0.6) is 0 Å². The molecule has 1 aromatic heterocycles. The highest BCUT2D eigenvalue weighted by molar-refractivity contribution is 6.22. The number of nitrogens with zero attached hydrogens (tertiary/aromatic N) is 2. The fourth-order valence-corrected chi connectivity index (χ4v) is 1.74. The third-order valence-electron chi connectivity index (χ3n) is 2.65. The lowest BCUT2D eigenvalue weighted by Crippen LogP contribution is -2.33. The molecule has 1 aromatic rings. The molecule has 0 bridgehead atoms. The number of carbonyl (C=O) groups is 2. The molecule has 0 radical (unpaired) electrons. The van der Waals surface area contributed by atoms with Crippen molar-refractivity contribution in [3.8, 4) is 0 Å². The summed E-state index contributed by atoms with van der Waals surface area (Å²) >= 11 is 0. The molecule has 0 saturated carbocycles. The molecule has 1 aliphatic rings. The zero-order chi connectivity index (χ0) is 11.9. The summed E-state index contributed by atoms with van der Waals surface area (Å²) in [7, 11) is 0. The largest absolute Gasteiger partial charge is 0.384 e. The minimum absolute atomic E-state index is 0.191. The fraction of sp³-hybridized carbons (Fsp3) is 0.364. The molecule has 1 fully saturated rings. The number of amides is 2. The maximum atomic E-state index is 12.0. The molecule has 0 atom stereocenters. The fourth-order valence-electron chi connectivity index (χ4n) is 1.74. The zero-order valence-electron chi connectivity index (χ0n) is 9.23. The summed E-state index contributed by atoms with van der Waals surface area (Å²) in [5, 5.41) is 0. The molecule has 0 aliphatic carbocycles. The highest BCUT2D eigenvalue weighted by atomic mass is 16.2. The lowest BCUT2D eigenvalue weighted by Gasteiger charge is -2.17. The summed E-state index contributed by atoms with van der Waals surface area (Å²) in [4.78, 5) is 28.7. The second kappa shape index (κ2) is 3.30. The van der Waals surface area contributed by atoms with Crippen LogP contribution >= 0.6 is 0 Å². The average Bonchev–Trinajstić information content (AvgIpc) is 2.39. The van der Waals surface area contributed by atoms with Crippen LogP contribution in [0.3, 0.4) is 0 Å². The Balaban J connectivity index is 2.39. The first-order valence-electron chi connectivity index (χ1n) is 5.01. The van der Waals surface area contributed by atoms with Gasteiger partial charge >= 0.3 is 0 Å². The van der Waals surface area contributed by atoms with Crippen LogP contribution in [-0.4, -0.2) is 16.8 Å². The number of carbonyl (C=O) groups excluding carboxylic acids is 2. The molecule has 0 unspecified atom stereocenters. The van der Waals surface area contributed by atoms with Gasteiger partial charge in [-0.25, -0.2) is 9.88 Å². The number of pyridine rings is 1. The van der Waals surface area contributed by atoms with Crippen LogP contribution in [0.2, 0.25) is 0 Å².